The minimum absolute atomic E-state index is 0.446. The highest BCUT2D eigenvalue weighted by atomic mass is 79.9. The van der Waals surface area contributed by atoms with Gasteiger partial charge in [0, 0.05) is 10.7 Å². The summed E-state index contributed by atoms with van der Waals surface area (Å²) < 4.78 is 2.57. The fourth-order valence-electron chi connectivity index (χ4n) is 2.70. The normalized spacial score (nSPS) is 11.6. The number of tetrazole rings is 1. The molecule has 0 saturated carbocycles. The van der Waals surface area contributed by atoms with Gasteiger partial charge in [0.05, 0.1) is 23.1 Å². The lowest BCUT2D eigenvalue weighted by molar-refractivity contribution is 0.840. The van der Waals surface area contributed by atoms with Crippen molar-refractivity contribution in [1.82, 2.24) is 40.0 Å². The number of anilines is 1. The van der Waals surface area contributed by atoms with Crippen LogP contribution < -0.4 is 5.32 Å². The number of pyridine rings is 1. The van der Waals surface area contributed by atoms with Crippen LogP contribution in [0.4, 0.5) is 5.82 Å². The molecule has 0 aliphatic heterocycles. The van der Waals surface area contributed by atoms with Gasteiger partial charge < -0.3 is 10.3 Å². The second-order valence-corrected chi connectivity index (χ2v) is 6.34. The van der Waals surface area contributed by atoms with E-state index in [1.165, 1.54) is 0 Å². The number of benzene rings is 1. The van der Waals surface area contributed by atoms with Crippen molar-refractivity contribution < 1.29 is 0 Å². The van der Waals surface area contributed by atoms with Crippen LogP contribution in [0.3, 0.4) is 0 Å². The van der Waals surface area contributed by atoms with Crippen molar-refractivity contribution in [3.8, 4) is 0 Å². The van der Waals surface area contributed by atoms with Crippen molar-refractivity contribution in [2.75, 3.05) is 5.32 Å². The van der Waals surface area contributed by atoms with Crippen molar-refractivity contribution in [1.29, 1.82) is 0 Å². The summed E-state index contributed by atoms with van der Waals surface area (Å²) in [6, 6.07) is 9.64. The molecule has 5 aromatic rings. The highest BCUT2D eigenvalue weighted by Crippen LogP contribution is 2.20. The van der Waals surface area contributed by atoms with Crippen LogP contribution in [0, 0.1) is 0 Å². The number of hydrogen-bond acceptors (Lipinski definition) is 7. The number of aromatic amines is 1. The van der Waals surface area contributed by atoms with Crippen LogP contribution in [0.1, 0.15) is 5.82 Å². The topological polar surface area (TPSA) is 110 Å². The summed E-state index contributed by atoms with van der Waals surface area (Å²) in [5.74, 6) is 1.35. The average Bonchev–Trinajstić information content (AvgIpc) is 3.26. The minimum Gasteiger partial charge on any atom is -0.360 e. The van der Waals surface area contributed by atoms with Crippen LogP contribution in [-0.4, -0.2) is 40.0 Å². The Morgan fingerprint density at radius 1 is 1.20 bits per heavy atom. The van der Waals surface area contributed by atoms with E-state index >= 15 is 0 Å². The molecule has 1 aromatic carbocycles. The summed E-state index contributed by atoms with van der Waals surface area (Å²) in [5.41, 5.74) is 3.76. The molecule has 4 aromatic heterocycles. The molecule has 2 N–H and O–H groups in total. The lowest BCUT2D eigenvalue weighted by Gasteiger charge is -2.06. The largest absolute Gasteiger partial charge is 0.360 e. The molecule has 0 spiro atoms. The van der Waals surface area contributed by atoms with E-state index in [1.807, 2.05) is 30.3 Å². The van der Waals surface area contributed by atoms with Crippen molar-refractivity contribution >= 4 is 49.6 Å². The number of nitrogens with one attached hydrogen (secondary N) is 2. The number of nitrogens with zero attached hydrogens (tertiary/aromatic N) is 7. The highest BCUT2D eigenvalue weighted by Gasteiger charge is 2.12. The Bertz CT molecular complexity index is 1230. The molecule has 0 amide bonds. The first-order valence-electron chi connectivity index (χ1n) is 7.49. The summed E-state index contributed by atoms with van der Waals surface area (Å²) >= 11 is 3.40. The molecule has 0 fully saturated rings. The second-order valence-electron chi connectivity index (χ2n) is 5.43. The lowest BCUT2D eigenvalue weighted by Crippen LogP contribution is -2.06. The van der Waals surface area contributed by atoms with E-state index in [9.17, 15) is 0 Å². The molecule has 0 aliphatic rings. The molecule has 5 rings (SSSR count). The van der Waals surface area contributed by atoms with Crippen LogP contribution in [0.5, 0.6) is 0 Å². The molecule has 0 aliphatic carbocycles. The number of imidazole rings is 1. The van der Waals surface area contributed by atoms with Crippen molar-refractivity contribution in [3.63, 3.8) is 0 Å². The second kappa shape index (κ2) is 5.45. The summed E-state index contributed by atoms with van der Waals surface area (Å²) in [7, 11) is 0. The smallest absolute Gasteiger partial charge is 0.222 e. The molecule has 122 valence electrons. The Morgan fingerprint density at radius 3 is 3.08 bits per heavy atom. The number of para-hydroxylation sites is 2. The van der Waals surface area contributed by atoms with Crippen molar-refractivity contribution in [2.45, 2.75) is 6.54 Å². The van der Waals surface area contributed by atoms with Gasteiger partial charge in [-0.15, -0.1) is 5.10 Å². The number of aromatic nitrogens is 8. The van der Waals surface area contributed by atoms with E-state index in [0.717, 1.165) is 26.8 Å². The maximum atomic E-state index is 4.62. The Kier molecular flexibility index (Phi) is 3.10. The van der Waals surface area contributed by atoms with Crippen molar-refractivity contribution in [2.24, 2.45) is 0 Å². The SMILES string of the molecule is Brc1cnc2nc(CNc3nc4ccccc4n4nnnc34)[nH]c2c1. The Labute approximate surface area is 148 Å². The third-order valence-corrected chi connectivity index (χ3v) is 4.23. The Hall–Kier alpha value is -3.14. The molecular formula is C15H10BrN9. The molecule has 0 radical (unpaired) electrons. The number of halogens is 1. The van der Waals surface area contributed by atoms with Gasteiger partial charge in [0.25, 0.3) is 0 Å². The molecule has 0 atom stereocenters. The van der Waals surface area contributed by atoms with Crippen LogP contribution in [0.2, 0.25) is 0 Å². The predicted octanol–water partition coefficient (Wildman–Crippen LogP) is 2.32. The van der Waals surface area contributed by atoms with E-state index in [1.54, 1.807) is 10.7 Å². The predicted molar refractivity (Wildman–Crippen MR) is 95.0 cm³/mol. The van der Waals surface area contributed by atoms with Gasteiger partial charge in [-0.3, -0.25) is 0 Å². The minimum atomic E-state index is 0.446. The van der Waals surface area contributed by atoms with Crippen LogP contribution >= 0.6 is 15.9 Å². The molecule has 9 nitrogen and oxygen atoms in total. The Balaban J connectivity index is 1.53. The van der Waals surface area contributed by atoms with Crippen molar-refractivity contribution in [3.05, 3.63) is 46.8 Å². The summed E-state index contributed by atoms with van der Waals surface area (Å²) in [6.07, 6.45) is 1.72. The standard InChI is InChI=1S/C15H10BrN9/c16-8-5-10-13(17-6-8)21-12(19-10)7-18-14-15-22-23-24-25(15)11-4-2-1-3-9(11)20-14/h1-6H,7H2,(H,18,20)(H,17,19,21). The molecule has 25 heavy (non-hydrogen) atoms. The maximum absolute atomic E-state index is 4.62. The van der Waals surface area contributed by atoms with Gasteiger partial charge in [0.15, 0.2) is 11.5 Å². The quantitative estimate of drug-likeness (QED) is 0.482. The zero-order valence-electron chi connectivity index (χ0n) is 12.7. The number of H-pyrrole nitrogens is 1. The third-order valence-electron chi connectivity index (χ3n) is 3.80. The van der Waals surface area contributed by atoms with Gasteiger partial charge in [-0.05, 0) is 44.6 Å². The number of fused-ring (bicyclic) bond motifs is 4. The zero-order chi connectivity index (χ0) is 16.8. The van der Waals surface area contributed by atoms with Gasteiger partial charge in [0.2, 0.25) is 5.65 Å². The number of rotatable bonds is 3. The van der Waals surface area contributed by atoms with Gasteiger partial charge in [-0.2, -0.15) is 4.52 Å². The van der Waals surface area contributed by atoms with Crippen LogP contribution in [-0.2, 0) is 6.54 Å². The van der Waals surface area contributed by atoms with Crippen LogP contribution in [0.15, 0.2) is 41.0 Å². The van der Waals surface area contributed by atoms with Gasteiger partial charge in [-0.1, -0.05) is 12.1 Å². The van der Waals surface area contributed by atoms with E-state index in [-0.39, 0.29) is 0 Å². The maximum Gasteiger partial charge on any atom is 0.222 e. The molecular weight excluding hydrogens is 386 g/mol. The zero-order valence-corrected chi connectivity index (χ0v) is 14.3. The first-order valence-corrected chi connectivity index (χ1v) is 8.28. The fourth-order valence-corrected chi connectivity index (χ4v) is 3.03. The molecule has 10 heteroatoms. The van der Waals surface area contributed by atoms with E-state index in [0.29, 0.717) is 23.7 Å². The van der Waals surface area contributed by atoms with E-state index < -0.39 is 0 Å². The van der Waals surface area contributed by atoms with E-state index in [2.05, 4.69) is 56.7 Å². The van der Waals surface area contributed by atoms with E-state index in [4.69, 9.17) is 0 Å². The fraction of sp³-hybridized carbons (Fsp3) is 0.0667. The van der Waals surface area contributed by atoms with Crippen LogP contribution in [0.25, 0.3) is 27.8 Å². The molecule has 4 heterocycles. The monoisotopic (exact) mass is 395 g/mol. The first-order chi connectivity index (χ1) is 12.3. The summed E-state index contributed by atoms with van der Waals surface area (Å²) in [6.45, 7) is 0.446. The first kappa shape index (κ1) is 14.2. The van der Waals surface area contributed by atoms with Gasteiger partial charge in [-0.25, -0.2) is 15.0 Å². The summed E-state index contributed by atoms with van der Waals surface area (Å²) in [5, 5.41) is 15.1. The Morgan fingerprint density at radius 2 is 2.12 bits per heavy atom. The molecule has 0 saturated heterocycles. The van der Waals surface area contributed by atoms with Gasteiger partial charge in [0.1, 0.15) is 5.82 Å². The third kappa shape index (κ3) is 2.38. The van der Waals surface area contributed by atoms with Gasteiger partial charge >= 0.3 is 0 Å². The lowest BCUT2D eigenvalue weighted by atomic mass is 10.3. The molecule has 0 bridgehead atoms. The molecule has 0 unspecified atom stereocenters. The number of hydrogen-bond donors (Lipinski definition) is 2. The average molecular weight is 396 g/mol. The highest BCUT2D eigenvalue weighted by molar-refractivity contribution is 9.10. The summed E-state index contributed by atoms with van der Waals surface area (Å²) in [4.78, 5) is 16.6.